The molecule has 3 aromatic rings. The number of benzene rings is 2. The van der Waals surface area contributed by atoms with Crippen LogP contribution < -0.4 is 9.88 Å². The Morgan fingerprint density at radius 3 is 2.36 bits per heavy atom. The standard InChI is InChI=1S/C19H19ClN2O2S/c1-3-22(4-2)19-16-12-14(20)10-11-17(16)21-13-18(19)25(23,24)15-8-6-5-7-9-15/h5-13H,3-4H2,1-2H3/p+1. The van der Waals surface area contributed by atoms with Crippen LogP contribution in [0.4, 0.5) is 5.69 Å². The maximum atomic E-state index is 13.2. The molecule has 2 aromatic carbocycles. The average Bonchev–Trinajstić information content (AvgIpc) is 2.63. The highest BCUT2D eigenvalue weighted by Gasteiger charge is 2.28. The molecule has 0 spiro atoms. The summed E-state index contributed by atoms with van der Waals surface area (Å²) in [5.41, 5.74) is 1.53. The number of nitrogens with zero attached hydrogens (tertiary/aromatic N) is 1. The minimum Gasteiger partial charge on any atom is -0.370 e. The number of aromatic nitrogens is 1. The second-order valence-corrected chi connectivity index (χ2v) is 8.03. The molecule has 0 radical (unpaired) electrons. The quantitative estimate of drug-likeness (QED) is 0.677. The summed E-state index contributed by atoms with van der Waals surface area (Å²) in [6, 6.07) is 14.0. The molecule has 1 N–H and O–H groups in total. The molecule has 6 heteroatoms. The summed E-state index contributed by atoms with van der Waals surface area (Å²) in [6.07, 6.45) is 1.58. The van der Waals surface area contributed by atoms with Gasteiger partial charge in [-0.15, -0.1) is 0 Å². The third-order valence-electron chi connectivity index (χ3n) is 4.25. The smallest absolute Gasteiger partial charge is 0.214 e. The van der Waals surface area contributed by atoms with Crippen molar-refractivity contribution in [2.75, 3.05) is 18.0 Å². The third-order valence-corrected chi connectivity index (χ3v) is 6.27. The molecule has 1 heterocycles. The molecule has 0 unspecified atom stereocenters. The number of halogens is 1. The molecule has 130 valence electrons. The number of nitrogens with one attached hydrogen (secondary N) is 1. The molecule has 0 saturated heterocycles. The predicted octanol–water partition coefficient (Wildman–Crippen LogP) is 3.99. The first-order valence-electron chi connectivity index (χ1n) is 8.18. The van der Waals surface area contributed by atoms with Crippen LogP contribution in [-0.4, -0.2) is 21.5 Å². The van der Waals surface area contributed by atoms with Gasteiger partial charge in [-0.25, -0.2) is 13.4 Å². The molecule has 0 aliphatic heterocycles. The van der Waals surface area contributed by atoms with Crippen LogP contribution in [0.3, 0.4) is 0 Å². The summed E-state index contributed by atoms with van der Waals surface area (Å²) in [5.74, 6) is 0. The van der Waals surface area contributed by atoms with E-state index in [-0.39, 0.29) is 9.79 Å². The van der Waals surface area contributed by atoms with E-state index in [0.717, 1.165) is 10.9 Å². The maximum Gasteiger partial charge on any atom is 0.214 e. The third kappa shape index (κ3) is 3.22. The Labute approximate surface area is 153 Å². The van der Waals surface area contributed by atoms with Crippen molar-refractivity contribution in [2.24, 2.45) is 0 Å². The minimum atomic E-state index is -3.66. The van der Waals surface area contributed by atoms with Crippen molar-refractivity contribution in [1.29, 1.82) is 0 Å². The zero-order valence-corrected chi connectivity index (χ0v) is 15.7. The molecule has 0 aliphatic carbocycles. The molecule has 0 atom stereocenters. The van der Waals surface area contributed by atoms with Crippen LogP contribution in [0.1, 0.15) is 13.8 Å². The Hall–Kier alpha value is -2.11. The van der Waals surface area contributed by atoms with Crippen molar-refractivity contribution in [3.8, 4) is 0 Å². The van der Waals surface area contributed by atoms with Crippen molar-refractivity contribution < 1.29 is 13.4 Å². The number of pyridine rings is 1. The van der Waals surface area contributed by atoms with Gasteiger partial charge >= 0.3 is 0 Å². The molecular weight excluding hydrogens is 356 g/mol. The van der Waals surface area contributed by atoms with Gasteiger partial charge in [0.05, 0.1) is 16.0 Å². The Bertz CT molecular complexity index is 1000. The van der Waals surface area contributed by atoms with Crippen LogP contribution in [0.25, 0.3) is 10.9 Å². The zero-order chi connectivity index (χ0) is 18.0. The molecule has 0 aliphatic rings. The molecule has 0 amide bonds. The van der Waals surface area contributed by atoms with Crippen molar-refractivity contribution >= 4 is 38.0 Å². The molecule has 4 nitrogen and oxygen atoms in total. The van der Waals surface area contributed by atoms with Crippen LogP contribution in [-0.2, 0) is 9.84 Å². The molecule has 0 saturated carbocycles. The normalized spacial score (nSPS) is 11.6. The van der Waals surface area contributed by atoms with E-state index < -0.39 is 9.84 Å². The van der Waals surface area contributed by atoms with E-state index in [2.05, 4.69) is 4.98 Å². The molecule has 25 heavy (non-hydrogen) atoms. The van der Waals surface area contributed by atoms with Crippen molar-refractivity contribution in [3.05, 3.63) is 59.8 Å². The fourth-order valence-electron chi connectivity index (χ4n) is 2.98. The van der Waals surface area contributed by atoms with Crippen LogP contribution in [0.15, 0.2) is 64.5 Å². The maximum absolute atomic E-state index is 13.2. The Morgan fingerprint density at radius 1 is 1.04 bits per heavy atom. The Kier molecular flexibility index (Phi) is 4.97. The lowest BCUT2D eigenvalue weighted by molar-refractivity contribution is -0.347. The van der Waals surface area contributed by atoms with Gasteiger partial charge in [-0.2, -0.15) is 0 Å². The Balaban J connectivity index is 2.37. The molecule has 0 fully saturated rings. The first-order valence-corrected chi connectivity index (χ1v) is 10.0. The molecule has 3 rings (SSSR count). The van der Waals surface area contributed by atoms with Gasteiger partial charge in [0.15, 0.2) is 11.1 Å². The zero-order valence-electron chi connectivity index (χ0n) is 14.2. The van der Waals surface area contributed by atoms with Crippen LogP contribution in [0, 0.1) is 0 Å². The summed E-state index contributed by atoms with van der Waals surface area (Å²) >= 11 is 6.18. The number of hydrogen-bond acceptors (Lipinski definition) is 3. The lowest BCUT2D eigenvalue weighted by atomic mass is 10.1. The monoisotopic (exact) mass is 375 g/mol. The highest BCUT2D eigenvalue weighted by atomic mass is 35.5. The number of H-pyrrole nitrogens is 1. The van der Waals surface area contributed by atoms with E-state index in [0.29, 0.717) is 23.8 Å². The molecular formula is C19H20ClN2O2S+. The second-order valence-electron chi connectivity index (χ2n) is 5.68. The van der Waals surface area contributed by atoms with Crippen molar-refractivity contribution in [3.63, 3.8) is 0 Å². The van der Waals surface area contributed by atoms with Gasteiger partial charge in [0.2, 0.25) is 15.4 Å². The van der Waals surface area contributed by atoms with Gasteiger partial charge in [0, 0.05) is 24.2 Å². The van der Waals surface area contributed by atoms with Crippen LogP contribution >= 0.6 is 11.6 Å². The van der Waals surface area contributed by atoms with E-state index >= 15 is 0 Å². The van der Waals surface area contributed by atoms with Crippen molar-refractivity contribution in [2.45, 2.75) is 23.6 Å². The number of sulfone groups is 1. The Morgan fingerprint density at radius 2 is 1.72 bits per heavy atom. The highest BCUT2D eigenvalue weighted by Crippen LogP contribution is 2.35. The first-order chi connectivity index (χ1) is 12.0. The fourth-order valence-corrected chi connectivity index (χ4v) is 4.63. The van der Waals surface area contributed by atoms with E-state index in [9.17, 15) is 8.42 Å². The largest absolute Gasteiger partial charge is 0.370 e. The molecule has 1 aromatic heterocycles. The van der Waals surface area contributed by atoms with E-state index in [1.54, 1.807) is 42.6 Å². The van der Waals surface area contributed by atoms with E-state index in [4.69, 9.17) is 11.6 Å². The molecule has 0 bridgehead atoms. The summed E-state index contributed by atoms with van der Waals surface area (Å²) in [5, 5.41) is 1.37. The van der Waals surface area contributed by atoms with E-state index in [1.807, 2.05) is 30.9 Å². The number of hydrogen-bond donors (Lipinski definition) is 0. The topological polar surface area (TPSA) is 51.5 Å². The predicted molar refractivity (Wildman–Crippen MR) is 101 cm³/mol. The first kappa shape index (κ1) is 17.7. The van der Waals surface area contributed by atoms with E-state index in [1.165, 1.54) is 0 Å². The van der Waals surface area contributed by atoms with Gasteiger partial charge in [-0.1, -0.05) is 29.8 Å². The lowest BCUT2D eigenvalue weighted by Crippen LogP contribution is -2.26. The number of anilines is 1. The summed E-state index contributed by atoms with van der Waals surface area (Å²) < 4.78 is 26.5. The number of aromatic amines is 1. The SMILES string of the molecule is CCN(CC)c1c(S(=O)(=O)c2ccccc2)c[nH+]c2ccc(Cl)cc12. The average molecular weight is 376 g/mol. The minimum absolute atomic E-state index is 0.261. The summed E-state index contributed by atoms with van der Waals surface area (Å²) in [6.45, 7) is 5.41. The highest BCUT2D eigenvalue weighted by molar-refractivity contribution is 7.91. The summed E-state index contributed by atoms with van der Waals surface area (Å²) in [7, 11) is -3.66. The van der Waals surface area contributed by atoms with Gasteiger partial charge in [0.25, 0.3) is 0 Å². The van der Waals surface area contributed by atoms with Gasteiger partial charge in [-0.05, 0) is 38.1 Å². The van der Waals surface area contributed by atoms with Crippen LogP contribution in [0.5, 0.6) is 0 Å². The van der Waals surface area contributed by atoms with Gasteiger partial charge in [0.1, 0.15) is 0 Å². The van der Waals surface area contributed by atoms with Gasteiger partial charge in [-0.3, -0.25) is 0 Å². The number of fused-ring (bicyclic) bond motifs is 1. The second kappa shape index (κ2) is 7.02. The summed E-state index contributed by atoms with van der Waals surface area (Å²) in [4.78, 5) is 5.68. The number of rotatable bonds is 5. The van der Waals surface area contributed by atoms with Crippen molar-refractivity contribution in [1.82, 2.24) is 0 Å². The van der Waals surface area contributed by atoms with Gasteiger partial charge < -0.3 is 4.90 Å². The van der Waals surface area contributed by atoms with Crippen LogP contribution in [0.2, 0.25) is 5.02 Å². The lowest BCUT2D eigenvalue weighted by Gasteiger charge is -2.24. The fraction of sp³-hybridized carbons (Fsp3) is 0.211.